The number of amides is 1. The van der Waals surface area contributed by atoms with Gasteiger partial charge in [0.1, 0.15) is 17.3 Å². The number of alkyl halides is 2. The highest BCUT2D eigenvalue weighted by Crippen LogP contribution is 2.29. The number of ether oxygens (including phenoxy) is 2. The van der Waals surface area contributed by atoms with Gasteiger partial charge >= 0.3 is 6.11 Å². The molecule has 2 fully saturated rings. The normalized spacial score (nSPS) is 17.1. The number of anilines is 2. The predicted octanol–water partition coefficient (Wildman–Crippen LogP) is 5.62. The van der Waals surface area contributed by atoms with E-state index in [1.54, 1.807) is 0 Å². The summed E-state index contributed by atoms with van der Waals surface area (Å²) in [5.74, 6) is 1.08. The average molecular weight is 525 g/mol. The van der Waals surface area contributed by atoms with Gasteiger partial charge in [-0.3, -0.25) is 4.79 Å². The van der Waals surface area contributed by atoms with Crippen molar-refractivity contribution in [3.63, 3.8) is 0 Å². The molecule has 0 aliphatic carbocycles. The Balaban J connectivity index is 1.17. The molecule has 3 aromatic rings. The number of carbonyl (C=O) groups is 1. The number of piperidine rings is 1. The molecule has 0 bridgehead atoms. The monoisotopic (exact) mass is 524 g/mol. The lowest BCUT2D eigenvalue weighted by atomic mass is 10.0. The lowest BCUT2D eigenvalue weighted by molar-refractivity contribution is -0.158. The highest BCUT2D eigenvalue weighted by Gasteiger charge is 2.27. The second-order valence-electron chi connectivity index (χ2n) is 10.2. The number of carbonyl (C=O) groups excluding carboxylic acids is 1. The smallest absolute Gasteiger partial charge is 0.394 e. The van der Waals surface area contributed by atoms with E-state index < -0.39 is 6.11 Å². The van der Waals surface area contributed by atoms with Crippen LogP contribution < -0.4 is 19.7 Å². The third-order valence-corrected chi connectivity index (χ3v) is 7.22. The summed E-state index contributed by atoms with van der Waals surface area (Å²) in [4.78, 5) is 22.4. The summed E-state index contributed by atoms with van der Waals surface area (Å²) in [6.45, 7) is 7.06. The van der Waals surface area contributed by atoms with E-state index in [1.807, 2.05) is 18.2 Å². The highest BCUT2D eigenvalue weighted by molar-refractivity contribution is 5.95. The van der Waals surface area contributed by atoms with Crippen molar-refractivity contribution in [2.45, 2.75) is 51.7 Å². The Morgan fingerprint density at radius 3 is 2.39 bits per heavy atom. The van der Waals surface area contributed by atoms with E-state index in [4.69, 9.17) is 9.72 Å². The standard InChI is InChI=1S/C29H34F2N4O3/c1-20-17-27(35-15-11-22(12-16-35)34-13-3-4-14-34)33-26-10-5-21(18-25(20)26)32-28(36)19-37-23-6-8-24(9-7-23)38-29(2,30)31/h5-10,17-18,22H,3-4,11-16,19H2,1-2H3,(H,32,36). The Bertz CT molecular complexity index is 1270. The lowest BCUT2D eigenvalue weighted by Gasteiger charge is -2.37. The number of hydrogen-bond acceptors (Lipinski definition) is 6. The molecule has 2 aliphatic heterocycles. The van der Waals surface area contributed by atoms with Crippen molar-refractivity contribution in [3.05, 3.63) is 54.1 Å². The molecule has 1 amide bonds. The van der Waals surface area contributed by atoms with Crippen molar-refractivity contribution in [2.75, 3.05) is 43.0 Å². The fourth-order valence-electron chi connectivity index (χ4n) is 5.34. The van der Waals surface area contributed by atoms with Crippen molar-refractivity contribution in [1.29, 1.82) is 0 Å². The van der Waals surface area contributed by atoms with E-state index in [1.165, 1.54) is 63.0 Å². The summed E-state index contributed by atoms with van der Waals surface area (Å²) in [5, 5.41) is 3.84. The third-order valence-electron chi connectivity index (χ3n) is 7.22. The van der Waals surface area contributed by atoms with Gasteiger partial charge in [-0.15, -0.1) is 0 Å². The van der Waals surface area contributed by atoms with Crippen molar-refractivity contribution >= 4 is 28.3 Å². The van der Waals surface area contributed by atoms with Crippen molar-refractivity contribution in [2.24, 2.45) is 0 Å². The zero-order valence-corrected chi connectivity index (χ0v) is 21.9. The van der Waals surface area contributed by atoms with Gasteiger partial charge in [0.15, 0.2) is 6.61 Å². The quantitative estimate of drug-likeness (QED) is 0.413. The molecule has 0 spiro atoms. The third kappa shape index (κ3) is 6.51. The summed E-state index contributed by atoms with van der Waals surface area (Å²) < 4.78 is 35.9. The van der Waals surface area contributed by atoms with E-state index >= 15 is 0 Å². The molecule has 2 aromatic carbocycles. The van der Waals surface area contributed by atoms with Crippen LogP contribution in [0.15, 0.2) is 48.5 Å². The summed E-state index contributed by atoms with van der Waals surface area (Å²) in [6.07, 6.45) is 1.75. The van der Waals surface area contributed by atoms with Crippen LogP contribution in [0.2, 0.25) is 0 Å². The number of halogens is 2. The second-order valence-corrected chi connectivity index (χ2v) is 10.2. The fraction of sp³-hybridized carbons (Fsp3) is 0.448. The molecule has 202 valence electrons. The number of nitrogens with one attached hydrogen (secondary N) is 1. The first-order valence-corrected chi connectivity index (χ1v) is 13.2. The number of benzene rings is 2. The number of rotatable bonds is 8. The molecular formula is C29H34F2N4O3. The summed E-state index contributed by atoms with van der Waals surface area (Å²) in [6, 6.07) is 14.2. The zero-order chi connectivity index (χ0) is 26.7. The van der Waals surface area contributed by atoms with Gasteiger partial charge in [0.2, 0.25) is 0 Å². The minimum absolute atomic E-state index is 0.0177. The van der Waals surface area contributed by atoms with Crippen LogP contribution in [0, 0.1) is 6.92 Å². The molecule has 5 rings (SSSR count). The number of likely N-dealkylation sites (tertiary alicyclic amines) is 1. The second kappa shape index (κ2) is 11.1. The van der Waals surface area contributed by atoms with Crippen LogP contribution in [0.3, 0.4) is 0 Å². The predicted molar refractivity (Wildman–Crippen MR) is 144 cm³/mol. The first-order chi connectivity index (χ1) is 18.2. The van der Waals surface area contributed by atoms with Crippen LogP contribution in [0.25, 0.3) is 10.9 Å². The van der Waals surface area contributed by atoms with Gasteiger partial charge in [-0.1, -0.05) is 0 Å². The van der Waals surface area contributed by atoms with Gasteiger partial charge in [0, 0.05) is 37.1 Å². The molecule has 7 nitrogen and oxygen atoms in total. The highest BCUT2D eigenvalue weighted by atomic mass is 19.3. The average Bonchev–Trinajstić information content (AvgIpc) is 3.43. The summed E-state index contributed by atoms with van der Waals surface area (Å²) in [5.41, 5.74) is 2.67. The Labute approximate surface area is 221 Å². The summed E-state index contributed by atoms with van der Waals surface area (Å²) in [7, 11) is 0. The van der Waals surface area contributed by atoms with Crippen LogP contribution in [-0.4, -0.2) is 60.7 Å². The molecule has 0 radical (unpaired) electrons. The molecule has 2 saturated heterocycles. The van der Waals surface area contributed by atoms with E-state index in [0.717, 1.165) is 35.4 Å². The van der Waals surface area contributed by atoms with Crippen LogP contribution in [0.4, 0.5) is 20.3 Å². The van der Waals surface area contributed by atoms with E-state index in [9.17, 15) is 13.6 Å². The molecule has 0 atom stereocenters. The number of nitrogens with zero attached hydrogens (tertiary/aromatic N) is 3. The van der Waals surface area contributed by atoms with Crippen LogP contribution in [-0.2, 0) is 4.79 Å². The number of pyridine rings is 1. The molecule has 2 aliphatic rings. The molecule has 38 heavy (non-hydrogen) atoms. The molecule has 9 heteroatoms. The van der Waals surface area contributed by atoms with Crippen LogP contribution in [0.5, 0.6) is 11.5 Å². The first kappa shape index (κ1) is 26.2. The van der Waals surface area contributed by atoms with Gasteiger partial charge in [-0.25, -0.2) is 4.98 Å². The van der Waals surface area contributed by atoms with Gasteiger partial charge in [-0.05, 0) is 99.8 Å². The Morgan fingerprint density at radius 2 is 1.71 bits per heavy atom. The van der Waals surface area contributed by atoms with Crippen molar-refractivity contribution in [1.82, 2.24) is 9.88 Å². The first-order valence-electron chi connectivity index (χ1n) is 13.2. The van der Waals surface area contributed by atoms with E-state index in [-0.39, 0.29) is 18.3 Å². The van der Waals surface area contributed by atoms with Crippen LogP contribution >= 0.6 is 0 Å². The van der Waals surface area contributed by atoms with E-state index in [2.05, 4.69) is 32.8 Å². The molecular weight excluding hydrogens is 490 g/mol. The molecule has 0 unspecified atom stereocenters. The maximum Gasteiger partial charge on any atom is 0.394 e. The molecule has 1 aromatic heterocycles. The molecule has 1 N–H and O–H groups in total. The maximum absolute atomic E-state index is 12.9. The Morgan fingerprint density at radius 1 is 1.03 bits per heavy atom. The zero-order valence-electron chi connectivity index (χ0n) is 21.9. The topological polar surface area (TPSA) is 66.9 Å². The number of hydrogen-bond donors (Lipinski definition) is 1. The van der Waals surface area contributed by atoms with Gasteiger partial charge < -0.3 is 24.6 Å². The maximum atomic E-state index is 12.9. The number of aryl methyl sites for hydroxylation is 1. The molecule has 3 heterocycles. The van der Waals surface area contributed by atoms with Gasteiger partial charge in [-0.2, -0.15) is 8.78 Å². The Hall–Kier alpha value is -3.46. The molecule has 0 saturated carbocycles. The van der Waals surface area contributed by atoms with E-state index in [0.29, 0.717) is 24.4 Å². The van der Waals surface area contributed by atoms with Gasteiger partial charge in [0.05, 0.1) is 5.52 Å². The largest absolute Gasteiger partial charge is 0.484 e. The van der Waals surface area contributed by atoms with Crippen molar-refractivity contribution in [3.8, 4) is 11.5 Å². The summed E-state index contributed by atoms with van der Waals surface area (Å²) >= 11 is 0. The number of aromatic nitrogens is 1. The SMILES string of the molecule is Cc1cc(N2CCC(N3CCCC3)CC2)nc2ccc(NC(=O)COc3ccc(OC(C)(F)F)cc3)cc12. The minimum Gasteiger partial charge on any atom is -0.484 e. The van der Waals surface area contributed by atoms with Crippen molar-refractivity contribution < 1.29 is 23.0 Å². The minimum atomic E-state index is -3.26. The number of fused-ring (bicyclic) bond motifs is 1. The lowest BCUT2D eigenvalue weighted by Crippen LogP contribution is -2.44. The Kier molecular flexibility index (Phi) is 7.65. The fourth-order valence-corrected chi connectivity index (χ4v) is 5.34. The van der Waals surface area contributed by atoms with Gasteiger partial charge in [0.25, 0.3) is 5.91 Å². The van der Waals surface area contributed by atoms with Crippen LogP contribution in [0.1, 0.15) is 38.2 Å².